The maximum atomic E-state index is 17.2. The van der Waals surface area contributed by atoms with Crippen LogP contribution in [-0.4, -0.2) is 51.5 Å². The average Bonchev–Trinajstić information content (AvgIpc) is 3.39. The van der Waals surface area contributed by atoms with E-state index in [4.69, 9.17) is 9.15 Å². The van der Waals surface area contributed by atoms with Gasteiger partial charge in [0, 0.05) is 22.7 Å². The molecule has 4 aliphatic rings. The van der Waals surface area contributed by atoms with Crippen LogP contribution in [0.3, 0.4) is 0 Å². The van der Waals surface area contributed by atoms with Gasteiger partial charge in [0.25, 0.3) is 0 Å². The van der Waals surface area contributed by atoms with Crippen molar-refractivity contribution in [3.8, 4) is 0 Å². The van der Waals surface area contributed by atoms with Crippen LogP contribution < -0.4 is 0 Å². The fraction of sp³-hybridized carbons (Fsp3) is 0.577. The molecule has 0 spiro atoms. The van der Waals surface area contributed by atoms with Crippen LogP contribution in [0.2, 0.25) is 0 Å². The lowest BCUT2D eigenvalue weighted by molar-refractivity contribution is -0.229. The molecule has 7 nitrogen and oxygen atoms in total. The predicted molar refractivity (Wildman–Crippen MR) is 118 cm³/mol. The smallest absolute Gasteiger partial charge is 0.375 e. The highest BCUT2D eigenvalue weighted by Gasteiger charge is 2.78. The van der Waals surface area contributed by atoms with E-state index in [1.54, 1.807) is 13.8 Å². The Balaban J connectivity index is 1.62. The fourth-order valence-corrected chi connectivity index (χ4v) is 7.83. The van der Waals surface area contributed by atoms with Gasteiger partial charge in [0.2, 0.25) is 11.4 Å². The lowest BCUT2D eigenvalue weighted by Gasteiger charge is -2.62. The Bertz CT molecular complexity index is 1160. The molecule has 3 fully saturated rings. The number of carbonyl (C=O) groups excluding carboxylic acids is 2. The van der Waals surface area contributed by atoms with E-state index in [2.05, 4.69) is 0 Å². The summed E-state index contributed by atoms with van der Waals surface area (Å²) >= 11 is 0. The molecule has 0 amide bonds. The number of aliphatic carboxylic acids is 1. The zero-order chi connectivity index (χ0) is 25.6. The molecule has 1 aromatic heterocycles. The monoisotopic (exact) mass is 490 g/mol. The van der Waals surface area contributed by atoms with Crippen LogP contribution in [0, 0.1) is 28.6 Å². The van der Waals surface area contributed by atoms with E-state index in [0.29, 0.717) is 0 Å². The summed E-state index contributed by atoms with van der Waals surface area (Å²) in [5.41, 5.74) is -7.42. The predicted octanol–water partition coefficient (Wildman–Crippen LogP) is 3.82. The van der Waals surface area contributed by atoms with Gasteiger partial charge in [-0.15, -0.1) is 0 Å². The van der Waals surface area contributed by atoms with E-state index < -0.39 is 69.9 Å². The second-order valence-corrected chi connectivity index (χ2v) is 10.9. The summed E-state index contributed by atoms with van der Waals surface area (Å²) in [6, 6.07) is 2.81. The van der Waals surface area contributed by atoms with Crippen LogP contribution in [0.25, 0.3) is 0 Å². The topological polar surface area (TPSA) is 114 Å². The number of carboxylic acids is 1. The number of halogens is 2. The second-order valence-electron chi connectivity index (χ2n) is 10.9. The van der Waals surface area contributed by atoms with Crippen molar-refractivity contribution in [2.24, 2.45) is 28.6 Å². The lowest BCUT2D eigenvalue weighted by atomic mass is 9.44. The molecular formula is C26H28F2O7. The molecule has 2 N–H and O–H groups in total. The van der Waals surface area contributed by atoms with Gasteiger partial charge in [-0.2, -0.15) is 0 Å². The van der Waals surface area contributed by atoms with E-state index in [9.17, 15) is 24.6 Å². The van der Waals surface area contributed by atoms with Crippen LogP contribution in [0.15, 0.2) is 46.6 Å². The minimum absolute atomic E-state index is 0.00815. The van der Waals surface area contributed by atoms with Crippen molar-refractivity contribution < 1.29 is 42.5 Å². The molecule has 9 atom stereocenters. The number of esters is 1. The number of aliphatic hydroxyl groups is 1. The molecule has 3 saturated carbocycles. The Kier molecular flexibility index (Phi) is 5.02. The first-order valence-electron chi connectivity index (χ1n) is 11.8. The molecule has 0 bridgehead atoms. The van der Waals surface area contributed by atoms with Gasteiger partial charge in [-0.25, -0.2) is 18.4 Å². The van der Waals surface area contributed by atoms with Gasteiger partial charge >= 0.3 is 11.9 Å². The number of hydrogen-bond acceptors (Lipinski definition) is 6. The van der Waals surface area contributed by atoms with Crippen molar-refractivity contribution in [3.63, 3.8) is 0 Å². The number of aliphatic hydroxyl groups excluding tert-OH is 1. The van der Waals surface area contributed by atoms with Crippen molar-refractivity contribution >= 4 is 17.7 Å². The largest absolute Gasteiger partial charge is 0.478 e. The number of hydrogen-bond donors (Lipinski definition) is 2. The number of carbonyl (C=O) groups is 3. The summed E-state index contributed by atoms with van der Waals surface area (Å²) < 4.78 is 43.5. The van der Waals surface area contributed by atoms with Gasteiger partial charge in [-0.1, -0.05) is 19.9 Å². The molecule has 188 valence electrons. The third-order valence-corrected chi connectivity index (χ3v) is 9.46. The van der Waals surface area contributed by atoms with Crippen LogP contribution in [0.5, 0.6) is 0 Å². The summed E-state index contributed by atoms with van der Waals surface area (Å²) in [4.78, 5) is 37.6. The number of rotatable bonds is 3. The number of carboxylic acid groups (broad SMARTS) is 1. The Morgan fingerprint density at radius 2 is 1.94 bits per heavy atom. The van der Waals surface area contributed by atoms with Gasteiger partial charge in [0.1, 0.15) is 6.17 Å². The summed E-state index contributed by atoms with van der Waals surface area (Å²) in [5, 5.41) is 21.8. The summed E-state index contributed by atoms with van der Waals surface area (Å²) in [6.45, 7) is 4.67. The Morgan fingerprint density at radius 1 is 1.23 bits per heavy atom. The van der Waals surface area contributed by atoms with Crippen LogP contribution >= 0.6 is 0 Å². The van der Waals surface area contributed by atoms with E-state index in [1.165, 1.54) is 37.5 Å². The number of ether oxygens (including phenoxy) is 1. The van der Waals surface area contributed by atoms with E-state index in [0.717, 1.165) is 6.08 Å². The first kappa shape index (κ1) is 23.9. The Hall–Kier alpha value is -2.81. The van der Waals surface area contributed by atoms with Gasteiger partial charge < -0.3 is 19.4 Å². The number of fused-ring (bicyclic) bond motifs is 5. The minimum Gasteiger partial charge on any atom is -0.478 e. The standard InChI is InChI=1S/C26H28F2O7/c1-13-9-15-16-11-18(27)17-10-14(29)6-7-23(17,2)25(16,28)20(30)12-24(15,3)26(13,22(32)33)35-21(31)19-5-4-8-34-19/h4-8,10,13,15-16,18,20,30H,9,11-12H2,1-3H3,(H,32,33)/t13-,15?,16?,18+,20?,23?,24?,25+,26+/m1/s1. The molecule has 0 radical (unpaired) electrons. The second kappa shape index (κ2) is 7.35. The first-order chi connectivity index (χ1) is 16.3. The Morgan fingerprint density at radius 3 is 2.57 bits per heavy atom. The molecule has 5 rings (SSSR count). The quantitative estimate of drug-likeness (QED) is 0.619. The molecule has 35 heavy (non-hydrogen) atoms. The normalized spacial score (nSPS) is 46.3. The van der Waals surface area contributed by atoms with Gasteiger partial charge in [-0.05, 0) is 62.0 Å². The maximum absolute atomic E-state index is 17.2. The van der Waals surface area contributed by atoms with Gasteiger partial charge in [0.15, 0.2) is 11.5 Å². The number of alkyl halides is 2. The average molecular weight is 490 g/mol. The van der Waals surface area contributed by atoms with E-state index >= 15 is 8.78 Å². The van der Waals surface area contributed by atoms with E-state index in [-0.39, 0.29) is 30.6 Å². The molecule has 9 heteroatoms. The maximum Gasteiger partial charge on any atom is 0.375 e. The molecule has 1 aromatic rings. The van der Waals surface area contributed by atoms with Gasteiger partial charge in [0.05, 0.1) is 12.4 Å². The highest BCUT2D eigenvalue weighted by Crippen LogP contribution is 2.71. The van der Waals surface area contributed by atoms with Crippen LogP contribution in [0.4, 0.5) is 8.78 Å². The molecule has 5 unspecified atom stereocenters. The van der Waals surface area contributed by atoms with Crippen molar-refractivity contribution in [2.75, 3.05) is 0 Å². The molecule has 0 saturated heterocycles. The Labute approximate surface area is 200 Å². The summed E-state index contributed by atoms with van der Waals surface area (Å²) in [5.74, 6) is -5.55. The molecule has 1 heterocycles. The molecule has 0 aromatic carbocycles. The molecular weight excluding hydrogens is 462 g/mol. The highest BCUT2D eigenvalue weighted by molar-refractivity contribution is 6.01. The number of allylic oxidation sites excluding steroid dienone is 4. The van der Waals surface area contributed by atoms with Crippen molar-refractivity contribution in [3.05, 3.63) is 48.0 Å². The van der Waals surface area contributed by atoms with Crippen molar-refractivity contribution in [2.45, 2.75) is 63.6 Å². The summed E-state index contributed by atoms with van der Waals surface area (Å²) in [7, 11) is 0. The third kappa shape index (κ3) is 2.76. The lowest BCUT2D eigenvalue weighted by Crippen LogP contribution is -2.71. The van der Waals surface area contributed by atoms with Crippen LogP contribution in [-0.2, 0) is 14.3 Å². The fourth-order valence-electron chi connectivity index (χ4n) is 7.83. The number of ketones is 1. The molecule has 0 aliphatic heterocycles. The third-order valence-electron chi connectivity index (χ3n) is 9.46. The van der Waals surface area contributed by atoms with Gasteiger partial charge in [-0.3, -0.25) is 4.79 Å². The minimum atomic E-state index is -2.35. The number of furan rings is 1. The zero-order valence-corrected chi connectivity index (χ0v) is 19.7. The van der Waals surface area contributed by atoms with E-state index in [1.807, 2.05) is 0 Å². The van der Waals surface area contributed by atoms with Crippen LogP contribution in [0.1, 0.15) is 50.6 Å². The highest BCUT2D eigenvalue weighted by atomic mass is 19.1. The SMILES string of the molecule is C[C@@H]1CC2C3C[C@H](F)C4=CC(=O)C=CC4(C)[C@@]3(F)C(O)CC2(C)[C@@]1(OC(=O)c1ccco1)C(=O)O. The molecule has 4 aliphatic carbocycles. The zero-order valence-electron chi connectivity index (χ0n) is 19.7. The van der Waals surface area contributed by atoms with Crippen molar-refractivity contribution in [1.82, 2.24) is 0 Å². The first-order valence-corrected chi connectivity index (χ1v) is 11.8. The summed E-state index contributed by atoms with van der Waals surface area (Å²) in [6.07, 6.45) is 1.05. The van der Waals surface area contributed by atoms with Crippen molar-refractivity contribution in [1.29, 1.82) is 0 Å².